The van der Waals surface area contributed by atoms with Gasteiger partial charge in [-0.2, -0.15) is 4.99 Å². The van der Waals surface area contributed by atoms with Crippen LogP contribution in [0.5, 0.6) is 0 Å². The summed E-state index contributed by atoms with van der Waals surface area (Å²) in [7, 11) is 0. The number of aryl methyl sites for hydroxylation is 1. The van der Waals surface area contributed by atoms with Crippen LogP contribution < -0.4 is 17.2 Å². The van der Waals surface area contributed by atoms with Gasteiger partial charge in [-0.3, -0.25) is 0 Å². The molecule has 0 radical (unpaired) electrons. The van der Waals surface area contributed by atoms with Crippen LogP contribution in [-0.4, -0.2) is 24.2 Å². The van der Waals surface area contributed by atoms with Crippen LogP contribution in [0.4, 0.5) is 0 Å². The first kappa shape index (κ1) is 15.4. The highest BCUT2D eigenvalue weighted by atomic mass is 32.2. The molecule has 0 aliphatic rings. The van der Waals surface area contributed by atoms with E-state index >= 15 is 0 Å². The monoisotopic (exact) mass is 279 g/mol. The van der Waals surface area contributed by atoms with E-state index < -0.39 is 0 Å². The SMILES string of the molecule is CSc1ccc(CC[C@@H](C)N=C(N)N=C(N)N)cc1. The van der Waals surface area contributed by atoms with Gasteiger partial charge in [-0.15, -0.1) is 11.8 Å². The fourth-order valence-electron chi connectivity index (χ4n) is 1.62. The van der Waals surface area contributed by atoms with Crippen molar-refractivity contribution in [2.45, 2.75) is 30.7 Å². The molecule has 1 aromatic rings. The van der Waals surface area contributed by atoms with E-state index in [2.05, 4.69) is 40.5 Å². The molecular weight excluding hydrogens is 258 g/mol. The predicted octanol–water partition coefficient (Wildman–Crippen LogP) is 1.32. The van der Waals surface area contributed by atoms with Gasteiger partial charge in [-0.25, -0.2) is 4.99 Å². The molecule has 1 rings (SSSR count). The van der Waals surface area contributed by atoms with Crippen LogP contribution in [-0.2, 0) is 6.42 Å². The summed E-state index contributed by atoms with van der Waals surface area (Å²) >= 11 is 1.74. The Bertz CT molecular complexity index is 449. The average molecular weight is 279 g/mol. The van der Waals surface area contributed by atoms with Crippen molar-refractivity contribution >= 4 is 23.7 Å². The Morgan fingerprint density at radius 1 is 1.21 bits per heavy atom. The Labute approximate surface area is 118 Å². The van der Waals surface area contributed by atoms with E-state index in [0.717, 1.165) is 12.8 Å². The maximum absolute atomic E-state index is 5.58. The minimum absolute atomic E-state index is 0.0684. The number of hydrogen-bond acceptors (Lipinski definition) is 2. The zero-order chi connectivity index (χ0) is 14.3. The van der Waals surface area contributed by atoms with E-state index in [9.17, 15) is 0 Å². The first-order chi connectivity index (χ1) is 9.01. The third-order valence-corrected chi connectivity index (χ3v) is 3.35. The van der Waals surface area contributed by atoms with Crippen molar-refractivity contribution in [1.29, 1.82) is 0 Å². The van der Waals surface area contributed by atoms with Crippen LogP contribution >= 0.6 is 11.8 Å². The minimum Gasteiger partial charge on any atom is -0.370 e. The zero-order valence-corrected chi connectivity index (χ0v) is 12.2. The van der Waals surface area contributed by atoms with Crippen LogP contribution in [0.3, 0.4) is 0 Å². The normalized spacial score (nSPS) is 13.1. The number of rotatable bonds is 5. The van der Waals surface area contributed by atoms with Crippen LogP contribution in [0.2, 0.25) is 0 Å². The van der Waals surface area contributed by atoms with E-state index in [1.165, 1.54) is 10.5 Å². The summed E-state index contributed by atoms with van der Waals surface area (Å²) in [6.45, 7) is 1.99. The van der Waals surface area contributed by atoms with E-state index in [-0.39, 0.29) is 18.0 Å². The van der Waals surface area contributed by atoms with E-state index in [1.807, 2.05) is 6.92 Å². The van der Waals surface area contributed by atoms with Crippen molar-refractivity contribution in [2.75, 3.05) is 6.26 Å². The van der Waals surface area contributed by atoms with Crippen molar-refractivity contribution in [3.8, 4) is 0 Å². The molecule has 0 spiro atoms. The maximum atomic E-state index is 5.58. The smallest absolute Gasteiger partial charge is 0.218 e. The van der Waals surface area contributed by atoms with E-state index in [0.29, 0.717) is 0 Å². The summed E-state index contributed by atoms with van der Waals surface area (Å²) in [5.41, 5.74) is 17.3. The zero-order valence-electron chi connectivity index (χ0n) is 11.3. The molecule has 0 bridgehead atoms. The van der Waals surface area contributed by atoms with Crippen molar-refractivity contribution < 1.29 is 0 Å². The molecule has 1 aromatic carbocycles. The van der Waals surface area contributed by atoms with Gasteiger partial charge >= 0.3 is 0 Å². The van der Waals surface area contributed by atoms with Crippen molar-refractivity contribution in [1.82, 2.24) is 0 Å². The second kappa shape index (κ2) is 7.68. The Morgan fingerprint density at radius 2 is 1.84 bits per heavy atom. The lowest BCUT2D eigenvalue weighted by atomic mass is 10.1. The number of hydrogen-bond donors (Lipinski definition) is 3. The van der Waals surface area contributed by atoms with Gasteiger partial charge in [0, 0.05) is 4.90 Å². The third kappa shape index (κ3) is 6.15. The Hall–Kier alpha value is -1.69. The summed E-state index contributed by atoms with van der Waals surface area (Å²) in [5, 5.41) is 0. The number of nitrogens with two attached hydrogens (primary N) is 3. The number of thioether (sulfide) groups is 1. The number of aliphatic imine (C=N–C) groups is 2. The summed E-state index contributed by atoms with van der Waals surface area (Å²) in [6.07, 6.45) is 3.92. The molecule has 0 amide bonds. The van der Waals surface area contributed by atoms with Gasteiger partial charge in [-0.05, 0) is 43.7 Å². The van der Waals surface area contributed by atoms with Crippen LogP contribution in [0.15, 0.2) is 39.1 Å². The number of guanidine groups is 2. The molecule has 5 nitrogen and oxygen atoms in total. The fourth-order valence-corrected chi connectivity index (χ4v) is 2.03. The fraction of sp³-hybridized carbons (Fsp3) is 0.385. The maximum Gasteiger partial charge on any atom is 0.218 e. The van der Waals surface area contributed by atoms with Gasteiger partial charge in [0.25, 0.3) is 0 Å². The molecule has 0 saturated carbocycles. The highest BCUT2D eigenvalue weighted by Gasteiger charge is 2.02. The molecule has 0 aromatic heterocycles. The molecule has 0 fully saturated rings. The molecule has 0 saturated heterocycles. The average Bonchev–Trinajstić information content (AvgIpc) is 2.36. The van der Waals surface area contributed by atoms with Crippen molar-refractivity contribution in [2.24, 2.45) is 27.2 Å². The van der Waals surface area contributed by atoms with Crippen LogP contribution in [0, 0.1) is 0 Å². The van der Waals surface area contributed by atoms with Gasteiger partial charge in [0.2, 0.25) is 5.96 Å². The standard InChI is InChI=1S/C13H21N5S/c1-9(17-13(16)18-12(14)15)3-4-10-5-7-11(19-2)8-6-10/h5-9H,3-4H2,1-2H3,(H6,14,15,16,17,18)/t9-/m1/s1. The summed E-state index contributed by atoms with van der Waals surface area (Å²) in [5.74, 6) is 0.0614. The molecule has 104 valence electrons. The minimum atomic E-state index is -0.0684. The molecule has 0 aliphatic heterocycles. The Kier molecular flexibility index (Phi) is 6.21. The molecular formula is C13H21N5S. The second-order valence-electron chi connectivity index (χ2n) is 4.26. The van der Waals surface area contributed by atoms with E-state index in [1.54, 1.807) is 11.8 Å². The molecule has 0 aliphatic carbocycles. The highest BCUT2D eigenvalue weighted by Crippen LogP contribution is 2.16. The topological polar surface area (TPSA) is 103 Å². The molecule has 0 unspecified atom stereocenters. The highest BCUT2D eigenvalue weighted by molar-refractivity contribution is 7.98. The summed E-state index contributed by atoms with van der Waals surface area (Å²) < 4.78 is 0. The lowest BCUT2D eigenvalue weighted by Crippen LogP contribution is -2.27. The van der Waals surface area contributed by atoms with Crippen LogP contribution in [0.1, 0.15) is 18.9 Å². The lowest BCUT2D eigenvalue weighted by molar-refractivity contribution is 0.666. The first-order valence-electron chi connectivity index (χ1n) is 6.07. The quantitative estimate of drug-likeness (QED) is 0.429. The van der Waals surface area contributed by atoms with Gasteiger partial charge in [-0.1, -0.05) is 12.1 Å². The largest absolute Gasteiger partial charge is 0.370 e. The summed E-state index contributed by atoms with van der Waals surface area (Å²) in [6, 6.07) is 8.62. The van der Waals surface area contributed by atoms with Crippen molar-refractivity contribution in [3.05, 3.63) is 29.8 Å². The van der Waals surface area contributed by atoms with Gasteiger partial charge < -0.3 is 17.2 Å². The lowest BCUT2D eigenvalue weighted by Gasteiger charge is -2.07. The Balaban J connectivity index is 2.49. The van der Waals surface area contributed by atoms with Gasteiger partial charge in [0.05, 0.1) is 6.04 Å². The molecule has 1 atom stereocenters. The van der Waals surface area contributed by atoms with Crippen molar-refractivity contribution in [3.63, 3.8) is 0 Å². The number of benzene rings is 1. The van der Waals surface area contributed by atoms with Gasteiger partial charge in [0.1, 0.15) is 0 Å². The summed E-state index contributed by atoms with van der Waals surface area (Å²) in [4.78, 5) is 9.17. The predicted molar refractivity (Wildman–Crippen MR) is 83.4 cm³/mol. The third-order valence-electron chi connectivity index (χ3n) is 2.61. The second-order valence-corrected chi connectivity index (χ2v) is 5.14. The number of nitrogens with zero attached hydrogens (tertiary/aromatic N) is 2. The molecule has 0 heterocycles. The molecule has 6 heteroatoms. The molecule has 6 N–H and O–H groups in total. The van der Waals surface area contributed by atoms with Crippen LogP contribution in [0.25, 0.3) is 0 Å². The Morgan fingerprint density at radius 3 is 2.37 bits per heavy atom. The van der Waals surface area contributed by atoms with E-state index in [4.69, 9.17) is 17.2 Å². The van der Waals surface area contributed by atoms with Gasteiger partial charge in [0.15, 0.2) is 5.96 Å². The first-order valence-corrected chi connectivity index (χ1v) is 7.29. The molecule has 19 heavy (non-hydrogen) atoms.